The number of allylic oxidation sites excluding steroid dienone is 1. The summed E-state index contributed by atoms with van der Waals surface area (Å²) in [6.45, 7) is 1.79. The van der Waals surface area contributed by atoms with Crippen LogP contribution in [-0.4, -0.2) is 11.1 Å². The Bertz CT molecular complexity index is 129. The van der Waals surface area contributed by atoms with Crippen LogP contribution in [0.15, 0.2) is 11.9 Å². The summed E-state index contributed by atoms with van der Waals surface area (Å²) in [6.07, 6.45) is 1.44. The fraction of sp³-hybridized carbons (Fsp3) is 0.500. The van der Waals surface area contributed by atoms with Crippen molar-refractivity contribution in [2.45, 2.75) is 19.8 Å². The molecule has 0 aliphatic heterocycles. The molecule has 2 nitrogen and oxygen atoms in total. The lowest BCUT2D eigenvalue weighted by Crippen LogP contribution is -1.88. The van der Waals surface area contributed by atoms with Gasteiger partial charge in [-0.3, -0.25) is 0 Å². The molecule has 9 heavy (non-hydrogen) atoms. The van der Waals surface area contributed by atoms with Crippen molar-refractivity contribution in [3.63, 3.8) is 0 Å². The Morgan fingerprint density at radius 2 is 2.33 bits per heavy atom. The summed E-state index contributed by atoms with van der Waals surface area (Å²) in [5, 5.41) is 7.99. The minimum atomic E-state index is -1.22. The fourth-order valence-corrected chi connectivity index (χ4v) is 0.445. The zero-order chi connectivity index (χ0) is 7.28. The number of hydrogen-bond acceptors (Lipinski definition) is 1. The molecule has 0 fully saturated rings. The van der Waals surface area contributed by atoms with E-state index in [0.29, 0.717) is 12.5 Å². The minimum Gasteiger partial charge on any atom is -0.478 e. The first kappa shape index (κ1) is 8.14. The van der Waals surface area contributed by atoms with E-state index in [-0.39, 0.29) is 6.42 Å². The lowest BCUT2D eigenvalue weighted by molar-refractivity contribution is -0.131. The van der Waals surface area contributed by atoms with E-state index in [4.69, 9.17) is 5.11 Å². The second-order valence-electron chi connectivity index (χ2n) is 1.68. The first-order valence-electron chi connectivity index (χ1n) is 2.75. The molecular weight excluding hydrogens is 123 g/mol. The number of carboxylic acid groups (broad SMARTS) is 1. The van der Waals surface area contributed by atoms with Crippen LogP contribution in [0.25, 0.3) is 0 Å². The molecule has 0 aliphatic rings. The molecule has 0 bridgehead atoms. The SMILES string of the molecule is CCC/C(F)=C\C(=O)O. The van der Waals surface area contributed by atoms with Gasteiger partial charge in [0, 0.05) is 0 Å². The Kier molecular flexibility index (Phi) is 3.67. The van der Waals surface area contributed by atoms with E-state index in [2.05, 4.69) is 0 Å². The molecule has 0 aromatic carbocycles. The maximum absolute atomic E-state index is 12.1. The molecule has 0 amide bonds. The van der Waals surface area contributed by atoms with Crippen LogP contribution in [-0.2, 0) is 4.79 Å². The Hall–Kier alpha value is -0.860. The summed E-state index contributed by atoms with van der Waals surface area (Å²) in [6, 6.07) is 0. The second-order valence-corrected chi connectivity index (χ2v) is 1.68. The van der Waals surface area contributed by atoms with Crippen molar-refractivity contribution in [1.29, 1.82) is 0 Å². The molecule has 0 atom stereocenters. The minimum absolute atomic E-state index is 0.215. The topological polar surface area (TPSA) is 37.3 Å². The lowest BCUT2D eigenvalue weighted by Gasteiger charge is -1.87. The van der Waals surface area contributed by atoms with Crippen molar-refractivity contribution in [3.8, 4) is 0 Å². The third kappa shape index (κ3) is 5.00. The number of carboxylic acids is 1. The molecule has 0 spiro atoms. The fourth-order valence-electron chi connectivity index (χ4n) is 0.445. The van der Waals surface area contributed by atoms with Crippen LogP contribution >= 0.6 is 0 Å². The van der Waals surface area contributed by atoms with Crippen molar-refractivity contribution in [2.24, 2.45) is 0 Å². The normalized spacial score (nSPS) is 11.6. The third-order valence-electron chi connectivity index (χ3n) is 0.769. The van der Waals surface area contributed by atoms with E-state index >= 15 is 0 Å². The van der Waals surface area contributed by atoms with Gasteiger partial charge in [-0.15, -0.1) is 0 Å². The molecule has 0 aliphatic carbocycles. The van der Waals surface area contributed by atoms with Crippen molar-refractivity contribution < 1.29 is 14.3 Å². The highest BCUT2D eigenvalue weighted by atomic mass is 19.1. The number of hydrogen-bond donors (Lipinski definition) is 1. The number of aliphatic carboxylic acids is 1. The zero-order valence-electron chi connectivity index (χ0n) is 5.22. The molecule has 0 rings (SSSR count). The van der Waals surface area contributed by atoms with Crippen molar-refractivity contribution in [3.05, 3.63) is 11.9 Å². The van der Waals surface area contributed by atoms with Gasteiger partial charge in [0.25, 0.3) is 0 Å². The van der Waals surface area contributed by atoms with E-state index in [1.165, 1.54) is 0 Å². The summed E-state index contributed by atoms with van der Waals surface area (Å²) in [7, 11) is 0. The van der Waals surface area contributed by atoms with Crippen LogP contribution in [0.2, 0.25) is 0 Å². The van der Waals surface area contributed by atoms with Gasteiger partial charge in [-0.25, -0.2) is 9.18 Å². The lowest BCUT2D eigenvalue weighted by atomic mass is 10.3. The average molecular weight is 132 g/mol. The van der Waals surface area contributed by atoms with Crippen LogP contribution in [0, 0.1) is 0 Å². The number of carbonyl (C=O) groups is 1. The van der Waals surface area contributed by atoms with Crippen molar-refractivity contribution in [1.82, 2.24) is 0 Å². The highest BCUT2D eigenvalue weighted by Crippen LogP contribution is 2.04. The van der Waals surface area contributed by atoms with Crippen LogP contribution < -0.4 is 0 Å². The molecule has 0 saturated heterocycles. The molecule has 0 aromatic heterocycles. The number of rotatable bonds is 3. The highest BCUT2D eigenvalue weighted by Gasteiger charge is 1.95. The molecule has 1 N–H and O–H groups in total. The van der Waals surface area contributed by atoms with E-state index in [9.17, 15) is 9.18 Å². The van der Waals surface area contributed by atoms with Gasteiger partial charge in [-0.1, -0.05) is 6.92 Å². The van der Waals surface area contributed by atoms with Gasteiger partial charge in [0.05, 0.1) is 6.08 Å². The average Bonchev–Trinajstić information content (AvgIpc) is 1.63. The molecule has 0 heterocycles. The van der Waals surface area contributed by atoms with Gasteiger partial charge in [0.15, 0.2) is 0 Å². The smallest absolute Gasteiger partial charge is 0.330 e. The Morgan fingerprint density at radius 1 is 1.78 bits per heavy atom. The van der Waals surface area contributed by atoms with Gasteiger partial charge in [-0.2, -0.15) is 0 Å². The van der Waals surface area contributed by atoms with Crippen molar-refractivity contribution >= 4 is 5.97 Å². The van der Waals surface area contributed by atoms with Crippen LogP contribution in [0.5, 0.6) is 0 Å². The van der Waals surface area contributed by atoms with E-state index in [0.717, 1.165) is 0 Å². The predicted octanol–water partition coefficient (Wildman–Crippen LogP) is 1.72. The van der Waals surface area contributed by atoms with Gasteiger partial charge < -0.3 is 5.11 Å². The Labute approximate surface area is 53.0 Å². The Balaban J connectivity index is 3.69. The monoisotopic (exact) mass is 132 g/mol. The van der Waals surface area contributed by atoms with Crippen LogP contribution in [0.4, 0.5) is 4.39 Å². The first-order chi connectivity index (χ1) is 4.16. The summed E-state index contributed by atoms with van der Waals surface area (Å²) < 4.78 is 12.1. The maximum atomic E-state index is 12.1. The summed E-state index contributed by atoms with van der Waals surface area (Å²) in [5.41, 5.74) is 0. The second kappa shape index (κ2) is 4.06. The standard InChI is InChI=1S/C6H9FO2/c1-2-3-5(7)4-6(8)9/h4H,2-3H2,1H3,(H,8,9)/b5-4+. The van der Waals surface area contributed by atoms with E-state index in [1.807, 2.05) is 0 Å². The molecule has 3 heteroatoms. The molecule has 52 valence electrons. The van der Waals surface area contributed by atoms with E-state index < -0.39 is 11.8 Å². The summed E-state index contributed by atoms with van der Waals surface area (Å²) >= 11 is 0. The van der Waals surface area contributed by atoms with Crippen molar-refractivity contribution in [2.75, 3.05) is 0 Å². The van der Waals surface area contributed by atoms with Gasteiger partial charge >= 0.3 is 5.97 Å². The predicted molar refractivity (Wildman–Crippen MR) is 31.7 cm³/mol. The zero-order valence-corrected chi connectivity index (χ0v) is 5.22. The molecule has 0 saturated carbocycles. The van der Waals surface area contributed by atoms with Gasteiger partial charge in [-0.05, 0) is 12.8 Å². The summed E-state index contributed by atoms with van der Waals surface area (Å²) in [5.74, 6) is -1.79. The molecule has 0 radical (unpaired) electrons. The largest absolute Gasteiger partial charge is 0.478 e. The van der Waals surface area contributed by atoms with Gasteiger partial charge in [0.2, 0.25) is 0 Å². The molecule has 0 unspecified atom stereocenters. The third-order valence-corrected chi connectivity index (χ3v) is 0.769. The molecule has 0 aromatic rings. The quantitative estimate of drug-likeness (QED) is 0.593. The summed E-state index contributed by atoms with van der Waals surface area (Å²) in [4.78, 5) is 9.77. The Morgan fingerprint density at radius 3 is 2.67 bits per heavy atom. The molecular formula is C6H9FO2. The highest BCUT2D eigenvalue weighted by molar-refractivity contribution is 5.80. The number of halogens is 1. The first-order valence-corrected chi connectivity index (χ1v) is 2.75. The van der Waals surface area contributed by atoms with E-state index in [1.54, 1.807) is 6.92 Å². The maximum Gasteiger partial charge on any atom is 0.330 e. The van der Waals surface area contributed by atoms with Crippen LogP contribution in [0.3, 0.4) is 0 Å². The van der Waals surface area contributed by atoms with Gasteiger partial charge in [0.1, 0.15) is 5.83 Å². The van der Waals surface area contributed by atoms with Crippen LogP contribution in [0.1, 0.15) is 19.8 Å².